The molecule has 0 amide bonds. The van der Waals surface area contributed by atoms with Crippen LogP contribution in [0, 0.1) is 13.8 Å². The van der Waals surface area contributed by atoms with Gasteiger partial charge in [0.25, 0.3) is 5.56 Å². The SMILES string of the molecule is Cc1cc2n(Cc3ccc(Cl)nc3)c(C)cc(=O)n2n1. The van der Waals surface area contributed by atoms with Crippen LogP contribution >= 0.6 is 11.6 Å². The maximum Gasteiger partial charge on any atom is 0.274 e. The molecule has 3 aromatic heterocycles. The number of halogens is 1. The molecule has 0 atom stereocenters. The van der Waals surface area contributed by atoms with E-state index in [0.717, 1.165) is 22.6 Å². The van der Waals surface area contributed by atoms with Gasteiger partial charge in [-0.25, -0.2) is 4.98 Å². The summed E-state index contributed by atoms with van der Waals surface area (Å²) in [6.07, 6.45) is 1.74. The van der Waals surface area contributed by atoms with Crippen molar-refractivity contribution in [3.05, 3.63) is 62.9 Å². The standard InChI is InChI=1S/C14H13ClN4O/c1-9-5-13-18(8-11-3-4-12(15)16-7-11)10(2)6-14(20)19(13)17-9/h3-7H,8H2,1-2H3. The lowest BCUT2D eigenvalue weighted by molar-refractivity contribution is 0.734. The predicted molar refractivity (Wildman–Crippen MR) is 77.3 cm³/mol. The highest BCUT2D eigenvalue weighted by atomic mass is 35.5. The van der Waals surface area contributed by atoms with E-state index < -0.39 is 0 Å². The van der Waals surface area contributed by atoms with E-state index in [1.807, 2.05) is 30.5 Å². The Bertz CT molecular complexity index is 833. The minimum atomic E-state index is -0.115. The van der Waals surface area contributed by atoms with E-state index in [-0.39, 0.29) is 5.56 Å². The van der Waals surface area contributed by atoms with Gasteiger partial charge in [0.15, 0.2) is 0 Å². The summed E-state index contributed by atoms with van der Waals surface area (Å²) < 4.78 is 3.46. The molecule has 0 radical (unpaired) electrons. The van der Waals surface area contributed by atoms with Crippen molar-refractivity contribution in [3.63, 3.8) is 0 Å². The van der Waals surface area contributed by atoms with Gasteiger partial charge in [-0.05, 0) is 25.5 Å². The lowest BCUT2D eigenvalue weighted by Gasteiger charge is -2.12. The molecule has 0 aliphatic rings. The van der Waals surface area contributed by atoms with Gasteiger partial charge in [0, 0.05) is 24.0 Å². The van der Waals surface area contributed by atoms with E-state index in [1.165, 1.54) is 4.52 Å². The molecule has 0 aliphatic heterocycles. The number of nitrogens with zero attached hydrogens (tertiary/aromatic N) is 4. The van der Waals surface area contributed by atoms with Crippen LogP contribution in [0.4, 0.5) is 0 Å². The zero-order chi connectivity index (χ0) is 14.3. The second-order valence-corrected chi connectivity index (χ2v) is 5.14. The van der Waals surface area contributed by atoms with Crippen LogP contribution in [0.15, 0.2) is 35.3 Å². The van der Waals surface area contributed by atoms with Crippen molar-refractivity contribution in [3.8, 4) is 0 Å². The summed E-state index contributed by atoms with van der Waals surface area (Å²) in [7, 11) is 0. The Balaban J connectivity index is 2.15. The summed E-state index contributed by atoms with van der Waals surface area (Å²) >= 11 is 5.79. The molecule has 5 nitrogen and oxygen atoms in total. The number of fused-ring (bicyclic) bond motifs is 1. The molecule has 0 N–H and O–H groups in total. The highest BCUT2D eigenvalue weighted by molar-refractivity contribution is 6.29. The van der Waals surface area contributed by atoms with Crippen LogP contribution in [-0.4, -0.2) is 19.2 Å². The number of hydrogen-bond donors (Lipinski definition) is 0. The lowest BCUT2D eigenvalue weighted by Crippen LogP contribution is -2.20. The lowest BCUT2D eigenvalue weighted by atomic mass is 10.2. The van der Waals surface area contributed by atoms with Crippen molar-refractivity contribution in [1.82, 2.24) is 19.2 Å². The number of aromatic nitrogens is 4. The van der Waals surface area contributed by atoms with Gasteiger partial charge in [0.05, 0.1) is 12.2 Å². The Labute approximate surface area is 120 Å². The van der Waals surface area contributed by atoms with Gasteiger partial charge in [-0.15, -0.1) is 0 Å². The molecule has 3 rings (SSSR count). The second kappa shape index (κ2) is 4.76. The second-order valence-electron chi connectivity index (χ2n) is 4.75. The molecule has 20 heavy (non-hydrogen) atoms. The van der Waals surface area contributed by atoms with Crippen LogP contribution in [0.2, 0.25) is 5.15 Å². The Morgan fingerprint density at radius 1 is 1.25 bits per heavy atom. The van der Waals surface area contributed by atoms with Gasteiger partial charge < -0.3 is 4.57 Å². The zero-order valence-corrected chi connectivity index (χ0v) is 11.9. The van der Waals surface area contributed by atoms with Crippen molar-refractivity contribution in [2.24, 2.45) is 0 Å². The van der Waals surface area contributed by atoms with Crippen LogP contribution < -0.4 is 5.56 Å². The molecule has 0 aliphatic carbocycles. The average Bonchev–Trinajstić information content (AvgIpc) is 2.79. The summed E-state index contributed by atoms with van der Waals surface area (Å²) in [5.41, 5.74) is 3.38. The van der Waals surface area contributed by atoms with Crippen molar-refractivity contribution in [1.29, 1.82) is 0 Å². The summed E-state index contributed by atoms with van der Waals surface area (Å²) in [5, 5.41) is 4.69. The zero-order valence-electron chi connectivity index (χ0n) is 11.2. The van der Waals surface area contributed by atoms with Crippen LogP contribution in [-0.2, 0) is 6.54 Å². The van der Waals surface area contributed by atoms with Crippen molar-refractivity contribution >= 4 is 17.2 Å². The number of hydrogen-bond acceptors (Lipinski definition) is 3. The number of rotatable bonds is 2. The molecule has 3 aromatic rings. The fraction of sp³-hybridized carbons (Fsp3) is 0.214. The Morgan fingerprint density at radius 2 is 2.05 bits per heavy atom. The Morgan fingerprint density at radius 3 is 2.75 bits per heavy atom. The maximum atomic E-state index is 11.9. The van der Waals surface area contributed by atoms with E-state index in [9.17, 15) is 4.79 Å². The average molecular weight is 289 g/mol. The van der Waals surface area contributed by atoms with Crippen molar-refractivity contribution in [2.75, 3.05) is 0 Å². The first-order valence-corrected chi connectivity index (χ1v) is 6.59. The smallest absolute Gasteiger partial charge is 0.274 e. The first-order valence-electron chi connectivity index (χ1n) is 6.22. The van der Waals surface area contributed by atoms with E-state index in [1.54, 1.807) is 18.3 Å². The summed E-state index contributed by atoms with van der Waals surface area (Å²) in [6.45, 7) is 4.40. The molecular formula is C14H13ClN4O. The van der Waals surface area contributed by atoms with Gasteiger partial charge in [-0.3, -0.25) is 4.79 Å². The van der Waals surface area contributed by atoms with Crippen LogP contribution in [0.25, 0.3) is 5.65 Å². The van der Waals surface area contributed by atoms with Gasteiger partial charge >= 0.3 is 0 Å². The fourth-order valence-corrected chi connectivity index (χ4v) is 2.34. The molecular weight excluding hydrogens is 276 g/mol. The van der Waals surface area contributed by atoms with Crippen molar-refractivity contribution < 1.29 is 0 Å². The summed E-state index contributed by atoms with van der Waals surface area (Å²) in [5.74, 6) is 0. The van der Waals surface area contributed by atoms with Crippen LogP contribution in [0.5, 0.6) is 0 Å². The molecule has 0 fully saturated rings. The number of aryl methyl sites for hydroxylation is 2. The van der Waals surface area contributed by atoms with E-state index in [2.05, 4.69) is 10.1 Å². The minimum Gasteiger partial charge on any atom is -0.326 e. The van der Waals surface area contributed by atoms with E-state index >= 15 is 0 Å². The number of pyridine rings is 1. The predicted octanol–water partition coefficient (Wildman–Crippen LogP) is 2.21. The molecule has 0 unspecified atom stereocenters. The molecule has 3 heterocycles. The minimum absolute atomic E-state index is 0.115. The first kappa shape index (κ1) is 12.9. The third-order valence-electron chi connectivity index (χ3n) is 3.19. The molecule has 0 bridgehead atoms. The normalized spacial score (nSPS) is 11.2. The monoisotopic (exact) mass is 288 g/mol. The summed E-state index contributed by atoms with van der Waals surface area (Å²) in [6, 6.07) is 7.17. The summed E-state index contributed by atoms with van der Waals surface area (Å²) in [4.78, 5) is 16.0. The molecule has 6 heteroatoms. The van der Waals surface area contributed by atoms with Gasteiger partial charge in [0.1, 0.15) is 10.8 Å². The topological polar surface area (TPSA) is 52.2 Å². The molecule has 0 saturated heterocycles. The first-order chi connectivity index (χ1) is 9.54. The molecule has 0 saturated carbocycles. The third-order valence-corrected chi connectivity index (χ3v) is 3.41. The van der Waals surface area contributed by atoms with Crippen LogP contribution in [0.3, 0.4) is 0 Å². The third kappa shape index (κ3) is 2.20. The largest absolute Gasteiger partial charge is 0.326 e. The molecule has 102 valence electrons. The van der Waals surface area contributed by atoms with Crippen molar-refractivity contribution in [2.45, 2.75) is 20.4 Å². The highest BCUT2D eigenvalue weighted by Gasteiger charge is 2.09. The Hall–Kier alpha value is -2.14. The fourth-order valence-electron chi connectivity index (χ4n) is 2.23. The van der Waals surface area contributed by atoms with Gasteiger partial charge in [-0.1, -0.05) is 17.7 Å². The maximum absolute atomic E-state index is 11.9. The van der Waals surface area contributed by atoms with Gasteiger partial charge in [0.2, 0.25) is 0 Å². The Kier molecular flexibility index (Phi) is 3.06. The molecule has 0 spiro atoms. The quantitative estimate of drug-likeness (QED) is 0.679. The molecule has 0 aromatic carbocycles. The highest BCUT2D eigenvalue weighted by Crippen LogP contribution is 2.12. The van der Waals surface area contributed by atoms with Gasteiger partial charge in [-0.2, -0.15) is 9.61 Å². The van der Waals surface area contributed by atoms with Crippen LogP contribution in [0.1, 0.15) is 17.0 Å². The van der Waals surface area contributed by atoms with E-state index in [0.29, 0.717) is 11.7 Å². The van der Waals surface area contributed by atoms with E-state index in [4.69, 9.17) is 11.6 Å².